The lowest BCUT2D eigenvalue weighted by Crippen LogP contribution is -2.26. The summed E-state index contributed by atoms with van der Waals surface area (Å²) in [5.74, 6) is -1.23. The molecule has 0 bridgehead atoms. The molecule has 19 heavy (non-hydrogen) atoms. The van der Waals surface area contributed by atoms with E-state index in [9.17, 15) is 26.4 Å². The molecule has 0 atom stereocenters. The van der Waals surface area contributed by atoms with Gasteiger partial charge in [0.25, 0.3) is 9.84 Å². The van der Waals surface area contributed by atoms with Crippen molar-refractivity contribution in [1.29, 1.82) is 0 Å². The molecule has 104 valence electrons. The molecule has 0 aliphatic heterocycles. The summed E-state index contributed by atoms with van der Waals surface area (Å²) in [5, 5.41) is -1.38. The second-order valence-corrected chi connectivity index (χ2v) is 5.05. The van der Waals surface area contributed by atoms with E-state index in [2.05, 4.69) is 16.3 Å². The van der Waals surface area contributed by atoms with Crippen molar-refractivity contribution in [2.75, 3.05) is 6.61 Å². The lowest BCUT2D eigenvalue weighted by Gasteiger charge is -2.10. The number of halogens is 3. The smallest absolute Gasteiger partial charge is 0.458 e. The molecule has 1 aromatic heterocycles. The molecule has 0 aromatic carbocycles. The van der Waals surface area contributed by atoms with E-state index in [0.29, 0.717) is 0 Å². The lowest BCUT2D eigenvalue weighted by atomic mass is 10.3. The van der Waals surface area contributed by atoms with Crippen LogP contribution in [-0.4, -0.2) is 31.5 Å². The fourth-order valence-electron chi connectivity index (χ4n) is 1.08. The van der Waals surface area contributed by atoms with Crippen LogP contribution in [0.15, 0.2) is 36.0 Å². The Morgan fingerprint density at radius 2 is 2.11 bits per heavy atom. The molecular weight excluding hydrogens is 287 g/mol. The summed E-state index contributed by atoms with van der Waals surface area (Å²) in [6.45, 7) is 2.98. The van der Waals surface area contributed by atoms with Crippen LogP contribution in [0.5, 0.6) is 0 Å². The fourth-order valence-corrected chi connectivity index (χ4v) is 1.94. The maximum atomic E-state index is 12.4. The molecule has 0 fully saturated rings. The van der Waals surface area contributed by atoms with Crippen molar-refractivity contribution in [1.82, 2.24) is 4.98 Å². The zero-order valence-electron chi connectivity index (χ0n) is 9.35. The highest BCUT2D eigenvalue weighted by molar-refractivity contribution is 7.92. The SMILES string of the molecule is C=CCOC(=O)c1cccnc1S(=O)(=O)C(F)(F)F. The zero-order chi connectivity index (χ0) is 14.7. The largest absolute Gasteiger partial charge is 0.503 e. The first-order chi connectivity index (χ1) is 8.71. The Hall–Kier alpha value is -1.90. The topological polar surface area (TPSA) is 73.3 Å². The van der Waals surface area contributed by atoms with Gasteiger partial charge in [0.15, 0.2) is 5.03 Å². The number of aromatic nitrogens is 1. The Morgan fingerprint density at radius 1 is 1.47 bits per heavy atom. The van der Waals surface area contributed by atoms with Gasteiger partial charge in [0, 0.05) is 6.20 Å². The molecule has 5 nitrogen and oxygen atoms in total. The quantitative estimate of drug-likeness (QED) is 0.624. The van der Waals surface area contributed by atoms with Crippen molar-refractivity contribution in [2.24, 2.45) is 0 Å². The third-order valence-electron chi connectivity index (χ3n) is 1.88. The summed E-state index contributed by atoms with van der Waals surface area (Å²) in [4.78, 5) is 14.6. The molecule has 1 heterocycles. The third kappa shape index (κ3) is 3.11. The average molecular weight is 295 g/mol. The zero-order valence-corrected chi connectivity index (χ0v) is 10.2. The van der Waals surface area contributed by atoms with Crippen LogP contribution in [-0.2, 0) is 14.6 Å². The summed E-state index contributed by atoms with van der Waals surface area (Å²) in [5.41, 5.74) is -6.32. The molecule has 0 spiro atoms. The molecule has 0 amide bonds. The summed E-state index contributed by atoms with van der Waals surface area (Å²) in [7, 11) is -5.71. The van der Waals surface area contributed by atoms with Crippen LogP contribution in [0.2, 0.25) is 0 Å². The van der Waals surface area contributed by atoms with E-state index >= 15 is 0 Å². The highest BCUT2D eigenvalue weighted by atomic mass is 32.2. The van der Waals surface area contributed by atoms with Gasteiger partial charge in [0.1, 0.15) is 6.61 Å². The number of carbonyl (C=O) groups excluding carboxylic acids is 1. The van der Waals surface area contributed by atoms with Gasteiger partial charge in [-0.3, -0.25) is 0 Å². The van der Waals surface area contributed by atoms with Crippen molar-refractivity contribution < 1.29 is 31.1 Å². The number of ether oxygens (including phenoxy) is 1. The van der Waals surface area contributed by atoms with E-state index in [0.717, 1.165) is 18.3 Å². The monoisotopic (exact) mass is 295 g/mol. The van der Waals surface area contributed by atoms with Gasteiger partial charge in [-0.2, -0.15) is 13.2 Å². The number of alkyl halides is 3. The van der Waals surface area contributed by atoms with Crippen LogP contribution < -0.4 is 0 Å². The summed E-state index contributed by atoms with van der Waals surface area (Å²) < 4.78 is 64.2. The molecule has 1 rings (SSSR count). The predicted octanol–water partition coefficient (Wildman–Crippen LogP) is 1.72. The second kappa shape index (κ2) is 5.39. The van der Waals surface area contributed by atoms with Gasteiger partial charge in [-0.15, -0.1) is 0 Å². The third-order valence-corrected chi connectivity index (χ3v) is 3.33. The Labute approximate surface area is 106 Å². The number of carbonyl (C=O) groups is 1. The predicted molar refractivity (Wildman–Crippen MR) is 58.0 cm³/mol. The van der Waals surface area contributed by atoms with Crippen LogP contribution in [0.3, 0.4) is 0 Å². The number of sulfone groups is 1. The van der Waals surface area contributed by atoms with Gasteiger partial charge in [-0.05, 0) is 12.1 Å². The number of nitrogens with zero attached hydrogens (tertiary/aromatic N) is 1. The normalized spacial score (nSPS) is 11.9. The number of hydrogen-bond donors (Lipinski definition) is 0. The van der Waals surface area contributed by atoms with Gasteiger partial charge in [-0.25, -0.2) is 18.2 Å². The van der Waals surface area contributed by atoms with Gasteiger partial charge in [0.05, 0.1) is 5.56 Å². The van der Waals surface area contributed by atoms with Gasteiger partial charge in [-0.1, -0.05) is 12.7 Å². The Balaban J connectivity index is 3.32. The van der Waals surface area contributed by atoms with E-state index in [1.54, 1.807) is 0 Å². The van der Waals surface area contributed by atoms with E-state index in [4.69, 9.17) is 0 Å². The van der Waals surface area contributed by atoms with Crippen LogP contribution in [0.25, 0.3) is 0 Å². The van der Waals surface area contributed by atoms with E-state index in [1.165, 1.54) is 6.08 Å². The first-order valence-electron chi connectivity index (χ1n) is 4.76. The molecule has 1 aromatic rings. The van der Waals surface area contributed by atoms with Gasteiger partial charge in [0.2, 0.25) is 0 Å². The minimum atomic E-state index is -5.71. The number of esters is 1. The minimum Gasteiger partial charge on any atom is -0.458 e. The Kier molecular flexibility index (Phi) is 4.30. The first-order valence-corrected chi connectivity index (χ1v) is 6.24. The average Bonchev–Trinajstić information content (AvgIpc) is 2.34. The molecule has 0 aliphatic rings. The number of hydrogen-bond acceptors (Lipinski definition) is 5. The molecule has 0 radical (unpaired) electrons. The Morgan fingerprint density at radius 3 is 2.63 bits per heavy atom. The number of pyridine rings is 1. The van der Waals surface area contributed by atoms with E-state index < -0.39 is 31.9 Å². The van der Waals surface area contributed by atoms with Crippen molar-refractivity contribution >= 4 is 15.8 Å². The highest BCUT2D eigenvalue weighted by Crippen LogP contribution is 2.30. The van der Waals surface area contributed by atoms with Crippen molar-refractivity contribution in [3.8, 4) is 0 Å². The second-order valence-electron chi connectivity index (χ2n) is 3.19. The maximum Gasteiger partial charge on any atom is 0.503 e. The molecule has 0 unspecified atom stereocenters. The summed E-state index contributed by atoms with van der Waals surface area (Å²) >= 11 is 0. The Bertz CT molecular complexity index is 595. The molecule has 0 saturated carbocycles. The maximum absolute atomic E-state index is 12.4. The molecule has 9 heteroatoms. The van der Waals surface area contributed by atoms with Crippen LogP contribution in [0.4, 0.5) is 13.2 Å². The van der Waals surface area contributed by atoms with Crippen molar-refractivity contribution in [3.05, 3.63) is 36.5 Å². The summed E-state index contributed by atoms with van der Waals surface area (Å²) in [6.07, 6.45) is 2.02. The standard InChI is InChI=1S/C10H8F3NO4S/c1-2-6-18-9(15)7-4-3-5-14-8(7)19(16,17)10(11,12)13/h2-5H,1,6H2. The molecule has 0 N–H and O–H groups in total. The lowest BCUT2D eigenvalue weighted by molar-refractivity contribution is -0.0438. The van der Waals surface area contributed by atoms with Crippen LogP contribution in [0, 0.1) is 0 Å². The highest BCUT2D eigenvalue weighted by Gasteiger charge is 2.49. The summed E-state index contributed by atoms with van der Waals surface area (Å²) in [6, 6.07) is 2.01. The van der Waals surface area contributed by atoms with Gasteiger partial charge >= 0.3 is 11.5 Å². The van der Waals surface area contributed by atoms with Crippen LogP contribution >= 0.6 is 0 Å². The van der Waals surface area contributed by atoms with Gasteiger partial charge < -0.3 is 4.74 Å². The van der Waals surface area contributed by atoms with Crippen molar-refractivity contribution in [2.45, 2.75) is 10.5 Å². The molecule has 0 aliphatic carbocycles. The van der Waals surface area contributed by atoms with Crippen LogP contribution in [0.1, 0.15) is 10.4 Å². The molecule has 0 saturated heterocycles. The number of rotatable bonds is 4. The van der Waals surface area contributed by atoms with Crippen molar-refractivity contribution in [3.63, 3.8) is 0 Å². The van der Waals surface area contributed by atoms with E-state index in [1.807, 2.05) is 0 Å². The first kappa shape index (κ1) is 15.2. The molecular formula is C10H8F3NO4S. The van der Waals surface area contributed by atoms with E-state index in [-0.39, 0.29) is 6.61 Å². The minimum absolute atomic E-state index is 0.265. The fraction of sp³-hybridized carbons (Fsp3) is 0.200.